The van der Waals surface area contributed by atoms with Crippen molar-refractivity contribution < 1.29 is 0 Å². The molecular formula is C12H18N2S2. The minimum absolute atomic E-state index is 0.276. The van der Waals surface area contributed by atoms with Crippen LogP contribution in [0.5, 0.6) is 0 Å². The van der Waals surface area contributed by atoms with Gasteiger partial charge in [0.15, 0.2) is 0 Å². The number of nitrogens with one attached hydrogen (secondary N) is 1. The molecule has 2 atom stereocenters. The fourth-order valence-corrected chi connectivity index (χ4v) is 4.74. The second-order valence-electron chi connectivity index (χ2n) is 4.04. The van der Waals surface area contributed by atoms with Crippen LogP contribution in [-0.2, 0) is 0 Å². The molecule has 3 N–H and O–H groups in total. The van der Waals surface area contributed by atoms with Crippen LogP contribution in [0.3, 0.4) is 0 Å². The van der Waals surface area contributed by atoms with Crippen molar-refractivity contribution in [1.29, 1.82) is 0 Å². The first-order valence-electron chi connectivity index (χ1n) is 5.53. The summed E-state index contributed by atoms with van der Waals surface area (Å²) >= 11 is 4.06. The van der Waals surface area contributed by atoms with E-state index in [1.807, 2.05) is 23.5 Å². The van der Waals surface area contributed by atoms with Gasteiger partial charge in [-0.1, -0.05) is 29.8 Å². The molecule has 1 saturated heterocycles. The number of benzene rings is 1. The predicted octanol–water partition coefficient (Wildman–Crippen LogP) is 2.35. The molecule has 1 fully saturated rings. The molecular weight excluding hydrogens is 236 g/mol. The lowest BCUT2D eigenvalue weighted by molar-refractivity contribution is 0.553. The van der Waals surface area contributed by atoms with Crippen LogP contribution in [0.1, 0.15) is 17.2 Å². The summed E-state index contributed by atoms with van der Waals surface area (Å²) < 4.78 is 0. The summed E-state index contributed by atoms with van der Waals surface area (Å²) in [6, 6.07) is 8.94. The molecule has 88 valence electrons. The van der Waals surface area contributed by atoms with Crippen molar-refractivity contribution in [2.24, 2.45) is 5.84 Å². The number of rotatable bonds is 3. The van der Waals surface area contributed by atoms with E-state index in [0.717, 1.165) is 0 Å². The lowest BCUT2D eigenvalue weighted by Crippen LogP contribution is -2.37. The molecule has 0 amide bonds. The first-order valence-corrected chi connectivity index (χ1v) is 7.73. The van der Waals surface area contributed by atoms with Gasteiger partial charge in [-0.3, -0.25) is 11.3 Å². The number of hydrogen-bond acceptors (Lipinski definition) is 4. The van der Waals surface area contributed by atoms with Crippen molar-refractivity contribution >= 4 is 23.5 Å². The van der Waals surface area contributed by atoms with E-state index in [-0.39, 0.29) is 6.04 Å². The Labute approximate surface area is 106 Å². The summed E-state index contributed by atoms with van der Waals surface area (Å²) in [5.41, 5.74) is 5.57. The Morgan fingerprint density at radius 1 is 1.31 bits per heavy atom. The van der Waals surface area contributed by atoms with E-state index < -0.39 is 0 Å². The van der Waals surface area contributed by atoms with E-state index in [9.17, 15) is 0 Å². The zero-order valence-electron chi connectivity index (χ0n) is 9.48. The molecule has 16 heavy (non-hydrogen) atoms. The van der Waals surface area contributed by atoms with Crippen molar-refractivity contribution in [1.82, 2.24) is 5.43 Å². The van der Waals surface area contributed by atoms with E-state index in [1.54, 1.807) is 0 Å². The van der Waals surface area contributed by atoms with Gasteiger partial charge < -0.3 is 0 Å². The third-order valence-corrected chi connectivity index (χ3v) is 5.69. The van der Waals surface area contributed by atoms with Crippen LogP contribution in [0.15, 0.2) is 24.3 Å². The molecule has 2 unspecified atom stereocenters. The normalized spacial score (nSPS) is 23.0. The lowest BCUT2D eigenvalue weighted by atomic mass is 10.0. The lowest BCUT2D eigenvalue weighted by Gasteiger charge is -2.29. The Morgan fingerprint density at radius 3 is 2.62 bits per heavy atom. The van der Waals surface area contributed by atoms with Crippen LogP contribution in [0.2, 0.25) is 0 Å². The molecule has 0 bridgehead atoms. The van der Waals surface area contributed by atoms with Crippen LogP contribution < -0.4 is 11.3 Å². The van der Waals surface area contributed by atoms with Gasteiger partial charge in [0.2, 0.25) is 0 Å². The van der Waals surface area contributed by atoms with Gasteiger partial charge in [-0.05, 0) is 12.5 Å². The molecule has 1 aliphatic rings. The highest BCUT2D eigenvalue weighted by Gasteiger charge is 2.24. The molecule has 0 radical (unpaired) electrons. The van der Waals surface area contributed by atoms with Crippen molar-refractivity contribution in [3.63, 3.8) is 0 Å². The molecule has 1 aromatic carbocycles. The molecule has 0 saturated carbocycles. The third kappa shape index (κ3) is 2.94. The van der Waals surface area contributed by atoms with Gasteiger partial charge >= 0.3 is 0 Å². The second-order valence-corrected chi connectivity index (χ2v) is 6.54. The molecule has 0 aliphatic carbocycles. The number of thioether (sulfide) groups is 2. The van der Waals surface area contributed by atoms with Crippen LogP contribution in [0.4, 0.5) is 0 Å². The molecule has 0 aromatic heterocycles. The molecule has 2 rings (SSSR count). The highest BCUT2D eigenvalue weighted by Crippen LogP contribution is 2.33. The molecule has 2 nitrogen and oxygen atoms in total. The quantitative estimate of drug-likeness (QED) is 0.641. The summed E-state index contributed by atoms with van der Waals surface area (Å²) in [6.45, 7) is 2.11. The summed E-state index contributed by atoms with van der Waals surface area (Å²) in [6.07, 6.45) is 0. The summed E-state index contributed by atoms with van der Waals surface area (Å²) in [4.78, 5) is 0. The molecule has 1 aliphatic heterocycles. The number of nitrogens with two attached hydrogens (primary N) is 1. The van der Waals surface area contributed by atoms with Gasteiger partial charge in [-0.25, -0.2) is 0 Å². The largest absolute Gasteiger partial charge is 0.271 e. The van der Waals surface area contributed by atoms with Gasteiger partial charge in [0.05, 0.1) is 6.04 Å². The fourth-order valence-electron chi connectivity index (χ4n) is 1.89. The monoisotopic (exact) mass is 254 g/mol. The highest BCUT2D eigenvalue weighted by atomic mass is 32.2. The van der Waals surface area contributed by atoms with Crippen LogP contribution in [0, 0.1) is 6.92 Å². The third-order valence-electron chi connectivity index (χ3n) is 2.83. The average Bonchev–Trinajstić information content (AvgIpc) is 2.34. The topological polar surface area (TPSA) is 38.0 Å². The number of hydrogen-bond donors (Lipinski definition) is 2. The van der Waals surface area contributed by atoms with Crippen molar-refractivity contribution in [2.45, 2.75) is 18.2 Å². The Kier molecular flexibility index (Phi) is 4.58. The standard InChI is InChI=1S/C12H18N2S2/c1-9-2-4-10(5-3-9)12(14-13)11-8-15-6-7-16-11/h2-5,11-12,14H,6-8,13H2,1H3. The smallest absolute Gasteiger partial charge is 0.0586 e. The molecule has 0 spiro atoms. The maximum absolute atomic E-state index is 5.70. The Balaban J connectivity index is 2.11. The predicted molar refractivity (Wildman–Crippen MR) is 74.8 cm³/mol. The Morgan fingerprint density at radius 2 is 2.06 bits per heavy atom. The number of hydrazine groups is 1. The van der Waals surface area contributed by atoms with E-state index >= 15 is 0 Å². The minimum atomic E-state index is 0.276. The SMILES string of the molecule is Cc1ccc(C(NN)C2CSCCS2)cc1. The van der Waals surface area contributed by atoms with Crippen molar-refractivity contribution in [3.05, 3.63) is 35.4 Å². The van der Waals surface area contributed by atoms with Gasteiger partial charge in [0, 0.05) is 22.5 Å². The first-order chi connectivity index (χ1) is 7.81. The van der Waals surface area contributed by atoms with Gasteiger partial charge in [0.1, 0.15) is 0 Å². The fraction of sp³-hybridized carbons (Fsp3) is 0.500. The second kappa shape index (κ2) is 5.96. The maximum Gasteiger partial charge on any atom is 0.0586 e. The zero-order valence-corrected chi connectivity index (χ0v) is 11.1. The van der Waals surface area contributed by atoms with Crippen LogP contribution in [0.25, 0.3) is 0 Å². The van der Waals surface area contributed by atoms with E-state index in [2.05, 4.69) is 36.6 Å². The van der Waals surface area contributed by atoms with Gasteiger partial charge in [0.25, 0.3) is 0 Å². The van der Waals surface area contributed by atoms with E-state index in [1.165, 1.54) is 28.4 Å². The molecule has 1 aromatic rings. The molecule has 4 heteroatoms. The summed E-state index contributed by atoms with van der Waals surface area (Å²) in [5, 5.41) is 0.589. The molecule has 1 heterocycles. The van der Waals surface area contributed by atoms with E-state index in [4.69, 9.17) is 5.84 Å². The van der Waals surface area contributed by atoms with E-state index in [0.29, 0.717) is 5.25 Å². The summed E-state index contributed by atoms with van der Waals surface area (Å²) in [7, 11) is 0. The van der Waals surface area contributed by atoms with Crippen molar-refractivity contribution in [2.75, 3.05) is 17.3 Å². The highest BCUT2D eigenvalue weighted by molar-refractivity contribution is 8.06. The van der Waals surface area contributed by atoms with Gasteiger partial charge in [-0.15, -0.1) is 0 Å². The Bertz CT molecular complexity index is 320. The van der Waals surface area contributed by atoms with Crippen LogP contribution in [-0.4, -0.2) is 22.5 Å². The zero-order chi connectivity index (χ0) is 11.4. The maximum atomic E-state index is 5.70. The van der Waals surface area contributed by atoms with Crippen molar-refractivity contribution in [3.8, 4) is 0 Å². The van der Waals surface area contributed by atoms with Gasteiger partial charge in [-0.2, -0.15) is 23.5 Å². The number of aryl methyl sites for hydroxylation is 1. The van der Waals surface area contributed by atoms with Crippen LogP contribution >= 0.6 is 23.5 Å². The minimum Gasteiger partial charge on any atom is -0.271 e. The summed E-state index contributed by atoms with van der Waals surface area (Å²) in [5.74, 6) is 9.39. The average molecular weight is 254 g/mol. The first kappa shape index (κ1) is 12.3. The Hall–Kier alpha value is -0.160.